The van der Waals surface area contributed by atoms with E-state index < -0.39 is 12.5 Å². The molecule has 3 aliphatic rings. The molecule has 292 valence electrons. The summed E-state index contributed by atoms with van der Waals surface area (Å²) in [5.74, 6) is 1.92. The van der Waals surface area contributed by atoms with Crippen LogP contribution in [0.15, 0.2) is 85.5 Å². The minimum Gasteiger partial charge on any atom is -0.372 e. The number of carbonyl (C=O) groups excluding carboxylic acids is 2. The molecule has 6 heterocycles. The Morgan fingerprint density at radius 1 is 0.696 bits per heavy atom. The van der Waals surface area contributed by atoms with Crippen LogP contribution < -0.4 is 10.6 Å². The van der Waals surface area contributed by atoms with Crippen molar-refractivity contribution in [1.82, 2.24) is 40.0 Å². The van der Waals surface area contributed by atoms with E-state index in [1.165, 1.54) is 0 Å². The number of benzene rings is 2. The fraction of sp³-hybridized carbons (Fsp3) is 0.419. The SMILES string of the molecule is CC(C)C(Nc1cccnc1)C(=O)N1CCC[C@H]1c1ncc(-c2ccc(-c3ccc(-c4cnc([C@@H]5CCCN5C(=O)[C@@H](NC5OCO5)C(C)C)[nH]4)cc3)cc2)[nH]1. The first-order chi connectivity index (χ1) is 27.2. The number of rotatable bonds is 13. The molecule has 3 saturated heterocycles. The lowest BCUT2D eigenvalue weighted by atomic mass is 10.0. The van der Waals surface area contributed by atoms with Gasteiger partial charge in [0, 0.05) is 25.5 Å². The highest BCUT2D eigenvalue weighted by Gasteiger charge is 2.39. The Hall–Kier alpha value is -5.37. The van der Waals surface area contributed by atoms with Gasteiger partial charge < -0.3 is 34.6 Å². The summed E-state index contributed by atoms with van der Waals surface area (Å²) in [7, 11) is 0. The molecule has 4 atom stereocenters. The van der Waals surface area contributed by atoms with Gasteiger partial charge in [-0.2, -0.15) is 0 Å². The molecule has 5 aromatic rings. The second-order valence-corrected chi connectivity index (χ2v) is 15.7. The van der Waals surface area contributed by atoms with Crippen LogP contribution in [0.3, 0.4) is 0 Å². The smallest absolute Gasteiger partial charge is 0.245 e. The molecule has 13 heteroatoms. The third-order valence-corrected chi connectivity index (χ3v) is 11.2. The summed E-state index contributed by atoms with van der Waals surface area (Å²) in [6, 6.07) is 19.7. The molecular formula is C43H51N9O4. The van der Waals surface area contributed by atoms with E-state index in [4.69, 9.17) is 19.4 Å². The van der Waals surface area contributed by atoms with Crippen molar-refractivity contribution in [3.63, 3.8) is 0 Å². The van der Waals surface area contributed by atoms with Crippen molar-refractivity contribution in [2.75, 3.05) is 25.2 Å². The van der Waals surface area contributed by atoms with Crippen LogP contribution in [0, 0.1) is 11.8 Å². The van der Waals surface area contributed by atoms with Crippen molar-refractivity contribution in [3.8, 4) is 33.6 Å². The Kier molecular flexibility index (Phi) is 11.0. The topological polar surface area (TPSA) is 153 Å². The average Bonchev–Trinajstić information content (AvgIpc) is 4.03. The molecule has 4 N–H and O–H groups in total. The summed E-state index contributed by atoms with van der Waals surface area (Å²) in [6.45, 7) is 9.83. The van der Waals surface area contributed by atoms with Crippen LogP contribution in [-0.2, 0) is 19.1 Å². The van der Waals surface area contributed by atoms with Gasteiger partial charge in [0.2, 0.25) is 18.2 Å². The molecule has 0 bridgehead atoms. The second-order valence-electron chi connectivity index (χ2n) is 15.7. The van der Waals surface area contributed by atoms with Crippen molar-refractivity contribution in [2.45, 2.75) is 84.0 Å². The van der Waals surface area contributed by atoms with E-state index in [0.717, 1.165) is 76.7 Å². The van der Waals surface area contributed by atoms with Crippen molar-refractivity contribution >= 4 is 17.5 Å². The lowest BCUT2D eigenvalue weighted by Gasteiger charge is -2.35. The number of nitrogens with zero attached hydrogens (tertiary/aromatic N) is 5. The highest BCUT2D eigenvalue weighted by atomic mass is 16.9. The van der Waals surface area contributed by atoms with E-state index in [2.05, 4.69) is 88.0 Å². The molecule has 0 spiro atoms. The van der Waals surface area contributed by atoms with Crippen LogP contribution in [0.5, 0.6) is 0 Å². The Morgan fingerprint density at radius 2 is 1.20 bits per heavy atom. The van der Waals surface area contributed by atoms with E-state index in [1.807, 2.05) is 48.2 Å². The lowest BCUT2D eigenvalue weighted by Crippen LogP contribution is -2.56. The molecule has 13 nitrogen and oxygen atoms in total. The number of pyridine rings is 1. The number of imidazole rings is 2. The number of H-pyrrole nitrogens is 2. The minimum atomic E-state index is -0.536. The van der Waals surface area contributed by atoms with E-state index in [-0.39, 0.29) is 48.6 Å². The molecule has 3 aromatic heterocycles. The van der Waals surface area contributed by atoms with E-state index in [9.17, 15) is 9.59 Å². The average molecular weight is 758 g/mol. The number of aromatic nitrogens is 5. The molecule has 2 amide bonds. The summed E-state index contributed by atoms with van der Waals surface area (Å²) in [5, 5.41) is 6.61. The van der Waals surface area contributed by atoms with Gasteiger partial charge in [-0.25, -0.2) is 9.97 Å². The summed E-state index contributed by atoms with van der Waals surface area (Å²) in [6.07, 6.45) is 10.3. The lowest BCUT2D eigenvalue weighted by molar-refractivity contribution is -0.335. The summed E-state index contributed by atoms with van der Waals surface area (Å²) in [5.41, 5.74) is 6.93. The molecule has 3 aliphatic heterocycles. The van der Waals surface area contributed by atoms with Gasteiger partial charge in [0.05, 0.1) is 47.6 Å². The zero-order chi connectivity index (χ0) is 38.8. The molecule has 8 rings (SSSR count). The zero-order valence-corrected chi connectivity index (χ0v) is 32.4. The van der Waals surface area contributed by atoms with E-state index >= 15 is 0 Å². The number of aromatic amines is 2. The molecule has 2 aromatic carbocycles. The largest absolute Gasteiger partial charge is 0.372 e. The van der Waals surface area contributed by atoms with Crippen molar-refractivity contribution in [3.05, 3.63) is 97.1 Å². The summed E-state index contributed by atoms with van der Waals surface area (Å²) < 4.78 is 10.7. The predicted octanol–water partition coefficient (Wildman–Crippen LogP) is 6.89. The third-order valence-electron chi connectivity index (χ3n) is 11.2. The van der Waals surface area contributed by atoms with E-state index in [1.54, 1.807) is 12.4 Å². The van der Waals surface area contributed by atoms with Crippen LogP contribution in [0.4, 0.5) is 5.69 Å². The number of nitrogens with one attached hydrogen (secondary N) is 4. The fourth-order valence-electron chi connectivity index (χ4n) is 8.05. The van der Waals surface area contributed by atoms with Crippen LogP contribution in [-0.4, -0.2) is 84.9 Å². The second kappa shape index (κ2) is 16.4. The molecule has 0 aliphatic carbocycles. The standard InChI is InChI=1S/C43H51N9O4/c1-26(2)37(47-32-8-5-19-44-22-32)41(53)51-20-6-9-35(51)39-45-23-33(48-39)30-15-11-28(12-16-30)29-13-17-31(18-14-29)34-24-46-40(49-34)36-10-7-21-52(36)42(54)38(27(3)4)50-43-55-25-56-43/h5,8,11-19,22-24,26-27,35-38,43,47,50H,6-7,9-10,20-21,25H2,1-4H3,(H,45,48)(H,46,49)/t35-,36-,37?,38-/m0/s1. The fourth-order valence-corrected chi connectivity index (χ4v) is 8.05. The highest BCUT2D eigenvalue weighted by molar-refractivity contribution is 5.86. The molecular weight excluding hydrogens is 707 g/mol. The number of amides is 2. The Morgan fingerprint density at radius 3 is 1.64 bits per heavy atom. The monoisotopic (exact) mass is 757 g/mol. The number of hydrogen-bond acceptors (Lipinski definition) is 9. The Balaban J connectivity index is 0.909. The number of likely N-dealkylation sites (tertiary alicyclic amines) is 2. The van der Waals surface area contributed by atoms with Crippen molar-refractivity contribution in [1.29, 1.82) is 0 Å². The summed E-state index contributed by atoms with van der Waals surface area (Å²) >= 11 is 0. The van der Waals surface area contributed by atoms with Crippen molar-refractivity contribution < 1.29 is 19.1 Å². The Bertz CT molecular complexity index is 2090. The van der Waals surface area contributed by atoms with Gasteiger partial charge >= 0.3 is 0 Å². The maximum atomic E-state index is 13.9. The van der Waals surface area contributed by atoms with Gasteiger partial charge in [-0.3, -0.25) is 19.9 Å². The molecule has 0 radical (unpaired) electrons. The predicted molar refractivity (Wildman–Crippen MR) is 213 cm³/mol. The van der Waals surface area contributed by atoms with Gasteiger partial charge in [-0.05, 0) is 71.9 Å². The number of ether oxygens (including phenoxy) is 2. The number of hydrogen-bond donors (Lipinski definition) is 4. The highest BCUT2D eigenvalue weighted by Crippen LogP contribution is 2.35. The normalized spacial score (nSPS) is 19.8. The first-order valence-corrected chi connectivity index (χ1v) is 19.8. The maximum absolute atomic E-state index is 13.9. The van der Waals surface area contributed by atoms with Gasteiger partial charge in [-0.15, -0.1) is 0 Å². The first-order valence-electron chi connectivity index (χ1n) is 19.8. The van der Waals surface area contributed by atoms with Gasteiger partial charge in [0.25, 0.3) is 0 Å². The molecule has 56 heavy (non-hydrogen) atoms. The van der Waals surface area contributed by atoms with Gasteiger partial charge in [-0.1, -0.05) is 76.2 Å². The van der Waals surface area contributed by atoms with Crippen LogP contribution >= 0.6 is 0 Å². The van der Waals surface area contributed by atoms with Gasteiger partial charge in [0.15, 0.2) is 6.79 Å². The number of anilines is 1. The zero-order valence-electron chi connectivity index (χ0n) is 32.4. The Labute approximate surface area is 327 Å². The first kappa shape index (κ1) is 37.5. The van der Waals surface area contributed by atoms with Gasteiger partial charge in [0.1, 0.15) is 17.7 Å². The maximum Gasteiger partial charge on any atom is 0.245 e. The summed E-state index contributed by atoms with van der Waals surface area (Å²) in [4.78, 5) is 52.2. The van der Waals surface area contributed by atoms with Crippen LogP contribution in [0.25, 0.3) is 33.6 Å². The molecule has 0 saturated carbocycles. The third kappa shape index (κ3) is 7.84. The minimum absolute atomic E-state index is 0.0424. The number of carbonyl (C=O) groups is 2. The van der Waals surface area contributed by atoms with Crippen LogP contribution in [0.2, 0.25) is 0 Å². The van der Waals surface area contributed by atoms with E-state index in [0.29, 0.717) is 13.1 Å². The molecule has 3 fully saturated rings. The quantitative estimate of drug-likeness (QED) is 0.101. The van der Waals surface area contributed by atoms with Crippen LogP contribution in [0.1, 0.15) is 77.1 Å². The van der Waals surface area contributed by atoms with Crippen molar-refractivity contribution in [2.24, 2.45) is 11.8 Å². The molecule has 1 unspecified atom stereocenters.